The molecule has 19 heavy (non-hydrogen) atoms. The summed E-state index contributed by atoms with van der Waals surface area (Å²) < 4.78 is 0. The van der Waals surface area contributed by atoms with E-state index in [1.807, 2.05) is 23.7 Å². The molecule has 1 rings (SSSR count). The van der Waals surface area contributed by atoms with Crippen LogP contribution in [0.1, 0.15) is 58.8 Å². The molecule has 1 aliphatic carbocycles. The highest BCUT2D eigenvalue weighted by Gasteiger charge is 2.33. The van der Waals surface area contributed by atoms with Gasteiger partial charge >= 0.3 is 0 Å². The number of carbonyl (C=O) groups is 1. The predicted molar refractivity (Wildman–Crippen MR) is 82.5 cm³/mol. The molecule has 0 spiro atoms. The van der Waals surface area contributed by atoms with Crippen LogP contribution in [0, 0.1) is 0 Å². The largest absolute Gasteiger partial charge is 0.389 e. The molecule has 1 aliphatic rings. The van der Waals surface area contributed by atoms with Crippen LogP contribution in [-0.2, 0) is 4.79 Å². The molecular formula is C15H29NO2S. The average Bonchev–Trinajstić information content (AvgIpc) is 2.38. The molecule has 0 aromatic rings. The third kappa shape index (κ3) is 5.74. The zero-order valence-electron chi connectivity index (χ0n) is 12.7. The van der Waals surface area contributed by atoms with E-state index in [1.54, 1.807) is 0 Å². The van der Waals surface area contributed by atoms with Crippen LogP contribution in [0.5, 0.6) is 0 Å². The summed E-state index contributed by atoms with van der Waals surface area (Å²) in [5.41, 5.74) is -0.735. The molecule has 0 radical (unpaired) electrons. The summed E-state index contributed by atoms with van der Waals surface area (Å²) in [7, 11) is 1.87. The van der Waals surface area contributed by atoms with Crippen LogP contribution in [0.4, 0.5) is 0 Å². The molecule has 1 saturated carbocycles. The van der Waals surface area contributed by atoms with Gasteiger partial charge in [0, 0.05) is 13.1 Å². The third-order valence-electron chi connectivity index (χ3n) is 4.20. The Bertz CT molecular complexity index is 277. The molecule has 0 heterocycles. The first-order valence-electron chi connectivity index (χ1n) is 7.54. The number of nitrogens with zero attached hydrogens (tertiary/aromatic N) is 1. The van der Waals surface area contributed by atoms with Gasteiger partial charge in [-0.2, -0.15) is 11.8 Å². The molecule has 0 aliphatic heterocycles. The van der Waals surface area contributed by atoms with Gasteiger partial charge in [-0.1, -0.05) is 26.2 Å². The maximum absolute atomic E-state index is 12.2. The molecular weight excluding hydrogens is 258 g/mol. The van der Waals surface area contributed by atoms with E-state index in [0.29, 0.717) is 6.42 Å². The number of amides is 1. The van der Waals surface area contributed by atoms with Crippen molar-refractivity contribution in [1.29, 1.82) is 0 Å². The maximum Gasteiger partial charge on any atom is 0.225 e. The van der Waals surface area contributed by atoms with Crippen LogP contribution in [0.3, 0.4) is 0 Å². The molecule has 1 amide bonds. The van der Waals surface area contributed by atoms with Gasteiger partial charge in [0.05, 0.1) is 12.0 Å². The number of aliphatic hydroxyl groups is 1. The molecule has 1 atom stereocenters. The van der Waals surface area contributed by atoms with E-state index in [4.69, 9.17) is 0 Å². The van der Waals surface area contributed by atoms with Gasteiger partial charge in [0.25, 0.3) is 0 Å². The maximum atomic E-state index is 12.2. The van der Waals surface area contributed by atoms with Gasteiger partial charge in [0.1, 0.15) is 0 Å². The monoisotopic (exact) mass is 287 g/mol. The minimum absolute atomic E-state index is 0.0957. The van der Waals surface area contributed by atoms with Crippen molar-refractivity contribution in [3.63, 3.8) is 0 Å². The highest BCUT2D eigenvalue weighted by atomic mass is 32.2. The minimum Gasteiger partial charge on any atom is -0.389 e. The second-order valence-corrected chi connectivity index (χ2v) is 7.19. The summed E-state index contributed by atoms with van der Waals surface area (Å²) in [5, 5.41) is 10.4. The van der Waals surface area contributed by atoms with Gasteiger partial charge < -0.3 is 10.0 Å². The van der Waals surface area contributed by atoms with Crippen molar-refractivity contribution < 1.29 is 9.90 Å². The van der Waals surface area contributed by atoms with Crippen molar-refractivity contribution >= 4 is 17.7 Å². The van der Waals surface area contributed by atoms with E-state index in [-0.39, 0.29) is 11.9 Å². The van der Waals surface area contributed by atoms with Crippen LogP contribution in [0.2, 0.25) is 0 Å². The fourth-order valence-electron chi connectivity index (χ4n) is 2.63. The summed E-state index contributed by atoms with van der Waals surface area (Å²) >= 11 is 1.91. The lowest BCUT2D eigenvalue weighted by atomic mass is 9.82. The smallest absolute Gasteiger partial charge is 0.225 e. The zero-order chi connectivity index (χ0) is 14.3. The quantitative estimate of drug-likeness (QED) is 0.732. The van der Waals surface area contributed by atoms with E-state index in [2.05, 4.69) is 13.8 Å². The summed E-state index contributed by atoms with van der Waals surface area (Å²) in [4.78, 5) is 14.1. The second kappa shape index (κ2) is 8.15. The van der Waals surface area contributed by atoms with Crippen molar-refractivity contribution in [3.8, 4) is 0 Å². The molecule has 1 fully saturated rings. The van der Waals surface area contributed by atoms with E-state index < -0.39 is 5.60 Å². The Hall–Kier alpha value is -0.220. The highest BCUT2D eigenvalue weighted by Crippen LogP contribution is 2.31. The number of hydrogen-bond donors (Lipinski definition) is 1. The number of thioether (sulfide) groups is 1. The summed E-state index contributed by atoms with van der Waals surface area (Å²) in [6.07, 6.45) is 6.19. The lowest BCUT2D eigenvalue weighted by molar-refractivity contribution is -0.138. The highest BCUT2D eigenvalue weighted by molar-refractivity contribution is 7.99. The second-order valence-electron chi connectivity index (χ2n) is 5.80. The Morgan fingerprint density at radius 3 is 2.58 bits per heavy atom. The van der Waals surface area contributed by atoms with Crippen LogP contribution in [0.25, 0.3) is 0 Å². The van der Waals surface area contributed by atoms with Crippen LogP contribution in [0.15, 0.2) is 0 Å². The van der Waals surface area contributed by atoms with Crippen molar-refractivity contribution in [2.75, 3.05) is 18.6 Å². The first-order chi connectivity index (χ1) is 8.98. The van der Waals surface area contributed by atoms with E-state index >= 15 is 0 Å². The standard InChI is InChI=1S/C15H29NO2S/c1-4-19-11-8-13(2)16(3)14(17)12-15(18)9-6-5-7-10-15/h13,18H,4-12H2,1-3H3. The van der Waals surface area contributed by atoms with Gasteiger partial charge in [0.2, 0.25) is 5.91 Å². The molecule has 0 saturated heterocycles. The summed E-state index contributed by atoms with van der Waals surface area (Å²) in [6.45, 7) is 4.25. The van der Waals surface area contributed by atoms with Crippen molar-refractivity contribution in [2.24, 2.45) is 0 Å². The Balaban J connectivity index is 2.38. The molecule has 0 bridgehead atoms. The lowest BCUT2D eigenvalue weighted by Crippen LogP contribution is -2.42. The third-order valence-corrected chi connectivity index (χ3v) is 5.14. The molecule has 0 aromatic heterocycles. The first kappa shape index (κ1) is 16.8. The van der Waals surface area contributed by atoms with Gasteiger partial charge in [-0.25, -0.2) is 0 Å². The summed E-state index contributed by atoms with van der Waals surface area (Å²) in [6, 6.07) is 0.263. The minimum atomic E-state index is -0.735. The van der Waals surface area contributed by atoms with Crippen molar-refractivity contribution in [2.45, 2.75) is 70.4 Å². The fraction of sp³-hybridized carbons (Fsp3) is 0.933. The van der Waals surface area contributed by atoms with Crippen LogP contribution in [-0.4, -0.2) is 46.1 Å². The van der Waals surface area contributed by atoms with Gasteiger partial charge in [-0.15, -0.1) is 0 Å². The first-order valence-corrected chi connectivity index (χ1v) is 8.70. The van der Waals surface area contributed by atoms with Gasteiger partial charge in [-0.05, 0) is 37.7 Å². The Kier molecular flexibility index (Phi) is 7.22. The van der Waals surface area contributed by atoms with E-state index in [0.717, 1.165) is 43.6 Å². The van der Waals surface area contributed by atoms with Crippen molar-refractivity contribution in [3.05, 3.63) is 0 Å². The number of rotatable bonds is 7. The predicted octanol–water partition coefficient (Wildman–Crippen LogP) is 3.06. The average molecular weight is 287 g/mol. The molecule has 1 unspecified atom stereocenters. The molecule has 3 nitrogen and oxygen atoms in total. The number of hydrogen-bond acceptors (Lipinski definition) is 3. The summed E-state index contributed by atoms with van der Waals surface area (Å²) in [5.74, 6) is 2.32. The Morgan fingerprint density at radius 2 is 2.00 bits per heavy atom. The number of carbonyl (C=O) groups excluding carboxylic acids is 1. The molecule has 112 valence electrons. The normalized spacial score (nSPS) is 20.0. The SMILES string of the molecule is CCSCCC(C)N(C)C(=O)CC1(O)CCCCC1. The van der Waals surface area contributed by atoms with E-state index in [1.165, 1.54) is 6.42 Å². The fourth-order valence-corrected chi connectivity index (χ4v) is 3.43. The van der Waals surface area contributed by atoms with Gasteiger partial charge in [-0.3, -0.25) is 4.79 Å². The molecule has 1 N–H and O–H groups in total. The topological polar surface area (TPSA) is 40.5 Å². The van der Waals surface area contributed by atoms with Crippen molar-refractivity contribution in [1.82, 2.24) is 4.90 Å². The van der Waals surface area contributed by atoms with E-state index in [9.17, 15) is 9.90 Å². The zero-order valence-corrected chi connectivity index (χ0v) is 13.5. The lowest BCUT2D eigenvalue weighted by Gasteiger charge is -2.34. The molecule has 0 aromatic carbocycles. The van der Waals surface area contributed by atoms with Crippen LogP contribution < -0.4 is 0 Å². The Labute approximate surface area is 122 Å². The van der Waals surface area contributed by atoms with Gasteiger partial charge in [0.15, 0.2) is 0 Å². The van der Waals surface area contributed by atoms with Crippen LogP contribution >= 0.6 is 11.8 Å². The molecule has 4 heteroatoms. The Morgan fingerprint density at radius 1 is 1.37 bits per heavy atom.